The zero-order chi connectivity index (χ0) is 12.0. The van der Waals surface area contributed by atoms with Gasteiger partial charge in [0.1, 0.15) is 18.3 Å². The van der Waals surface area contributed by atoms with Crippen LogP contribution in [0.3, 0.4) is 0 Å². The lowest BCUT2D eigenvalue weighted by molar-refractivity contribution is -0.174. The van der Waals surface area contributed by atoms with Crippen LogP contribution in [0.4, 0.5) is 0 Å². The number of aldehydes is 1. The Kier molecular flexibility index (Phi) is 2.82. The van der Waals surface area contributed by atoms with Crippen molar-refractivity contribution in [2.24, 2.45) is 0 Å². The van der Waals surface area contributed by atoms with Gasteiger partial charge in [0.2, 0.25) is 0 Å². The largest absolute Gasteiger partial charge is 0.348 e. The van der Waals surface area contributed by atoms with E-state index in [0.29, 0.717) is 6.61 Å². The van der Waals surface area contributed by atoms with Crippen molar-refractivity contribution in [1.82, 2.24) is 0 Å². The zero-order valence-corrected chi connectivity index (χ0v) is 10.1. The summed E-state index contributed by atoms with van der Waals surface area (Å²) in [7, 11) is 0. The second-order valence-corrected chi connectivity index (χ2v) is 5.07. The molecular weight excluding hydrogens is 212 g/mol. The summed E-state index contributed by atoms with van der Waals surface area (Å²) in [6, 6.07) is 0. The van der Waals surface area contributed by atoms with E-state index in [4.69, 9.17) is 18.9 Å². The van der Waals surface area contributed by atoms with Crippen molar-refractivity contribution in [3.05, 3.63) is 0 Å². The first kappa shape index (κ1) is 12.0. The molecule has 0 aromatic carbocycles. The van der Waals surface area contributed by atoms with Crippen LogP contribution in [0, 0.1) is 0 Å². The molecule has 0 amide bonds. The lowest BCUT2D eigenvalue weighted by Crippen LogP contribution is -2.38. The predicted molar refractivity (Wildman–Crippen MR) is 54.8 cm³/mol. The molecule has 0 aromatic heterocycles. The van der Waals surface area contributed by atoms with Crippen LogP contribution < -0.4 is 0 Å². The van der Waals surface area contributed by atoms with E-state index in [9.17, 15) is 4.79 Å². The van der Waals surface area contributed by atoms with Gasteiger partial charge in [-0.1, -0.05) is 0 Å². The number of carbonyl (C=O) groups is 1. The van der Waals surface area contributed by atoms with Crippen LogP contribution in [0.15, 0.2) is 0 Å². The number of ether oxygens (including phenoxy) is 4. The van der Waals surface area contributed by atoms with Crippen LogP contribution in [0.5, 0.6) is 0 Å². The highest BCUT2D eigenvalue weighted by molar-refractivity contribution is 5.58. The van der Waals surface area contributed by atoms with Gasteiger partial charge in [0.05, 0.1) is 6.61 Å². The van der Waals surface area contributed by atoms with E-state index in [1.807, 2.05) is 13.8 Å². The van der Waals surface area contributed by atoms with Gasteiger partial charge in [0.25, 0.3) is 0 Å². The summed E-state index contributed by atoms with van der Waals surface area (Å²) in [6.07, 6.45) is -0.479. The Balaban J connectivity index is 2.07. The van der Waals surface area contributed by atoms with Gasteiger partial charge in [-0.15, -0.1) is 0 Å². The Morgan fingerprint density at radius 1 is 1.06 bits per heavy atom. The Hall–Kier alpha value is -0.490. The number of carbonyl (C=O) groups excluding carboxylic acids is 1. The molecule has 92 valence electrons. The summed E-state index contributed by atoms with van der Waals surface area (Å²) in [5, 5.41) is 0. The van der Waals surface area contributed by atoms with E-state index in [1.54, 1.807) is 13.8 Å². The van der Waals surface area contributed by atoms with Crippen LogP contribution in [0.1, 0.15) is 27.7 Å². The van der Waals surface area contributed by atoms with Crippen LogP contribution in [0.2, 0.25) is 0 Å². The fourth-order valence-corrected chi connectivity index (χ4v) is 2.09. The van der Waals surface area contributed by atoms with Crippen molar-refractivity contribution in [3.63, 3.8) is 0 Å². The van der Waals surface area contributed by atoms with Gasteiger partial charge < -0.3 is 23.7 Å². The van der Waals surface area contributed by atoms with E-state index in [0.717, 1.165) is 6.29 Å². The number of hydrogen-bond acceptors (Lipinski definition) is 5. The average Bonchev–Trinajstić information content (AvgIpc) is 2.65. The third kappa shape index (κ3) is 2.27. The Morgan fingerprint density at radius 3 is 2.25 bits per heavy atom. The minimum Gasteiger partial charge on any atom is -0.348 e. The Morgan fingerprint density at radius 2 is 1.75 bits per heavy atom. The molecule has 0 radical (unpaired) electrons. The molecule has 16 heavy (non-hydrogen) atoms. The van der Waals surface area contributed by atoms with Crippen molar-refractivity contribution in [2.45, 2.75) is 57.6 Å². The van der Waals surface area contributed by atoms with Gasteiger partial charge in [-0.3, -0.25) is 0 Å². The highest BCUT2D eigenvalue weighted by Crippen LogP contribution is 2.34. The molecule has 0 aliphatic carbocycles. The van der Waals surface area contributed by atoms with Crippen LogP contribution >= 0.6 is 0 Å². The standard InChI is InChI=1S/C11H18O5/c1-10(2)13-6-8(15-10)9-7(5-12)14-11(3,4)16-9/h5,7-9H,6H2,1-4H3/t7?,8-,9-/m1/s1. The summed E-state index contributed by atoms with van der Waals surface area (Å²) in [4.78, 5) is 10.9. The van der Waals surface area contributed by atoms with Gasteiger partial charge in [0.15, 0.2) is 17.9 Å². The van der Waals surface area contributed by atoms with Crippen molar-refractivity contribution in [1.29, 1.82) is 0 Å². The fraction of sp³-hybridized carbons (Fsp3) is 0.909. The first-order valence-electron chi connectivity index (χ1n) is 5.46. The topological polar surface area (TPSA) is 54.0 Å². The quantitative estimate of drug-likeness (QED) is 0.658. The lowest BCUT2D eigenvalue weighted by Gasteiger charge is -2.22. The number of hydrogen-bond donors (Lipinski definition) is 0. The zero-order valence-electron chi connectivity index (χ0n) is 10.1. The van der Waals surface area contributed by atoms with Gasteiger partial charge in [-0.05, 0) is 27.7 Å². The first-order chi connectivity index (χ1) is 7.33. The molecular formula is C11H18O5. The summed E-state index contributed by atoms with van der Waals surface area (Å²) < 4.78 is 22.3. The smallest absolute Gasteiger partial charge is 0.164 e. The van der Waals surface area contributed by atoms with Crippen LogP contribution in [0.25, 0.3) is 0 Å². The minimum atomic E-state index is -0.744. The second-order valence-electron chi connectivity index (χ2n) is 5.07. The molecule has 0 saturated carbocycles. The molecule has 3 atom stereocenters. The highest BCUT2D eigenvalue weighted by atomic mass is 16.8. The van der Waals surface area contributed by atoms with E-state index in [2.05, 4.69) is 0 Å². The molecule has 5 heteroatoms. The summed E-state index contributed by atoms with van der Waals surface area (Å²) >= 11 is 0. The van der Waals surface area contributed by atoms with Gasteiger partial charge in [0, 0.05) is 0 Å². The van der Waals surface area contributed by atoms with E-state index >= 15 is 0 Å². The maximum Gasteiger partial charge on any atom is 0.164 e. The summed E-state index contributed by atoms with van der Waals surface area (Å²) in [5.41, 5.74) is 0. The van der Waals surface area contributed by atoms with E-state index in [1.165, 1.54) is 0 Å². The van der Waals surface area contributed by atoms with Gasteiger partial charge in [-0.25, -0.2) is 0 Å². The van der Waals surface area contributed by atoms with Gasteiger partial charge >= 0.3 is 0 Å². The fourth-order valence-electron chi connectivity index (χ4n) is 2.09. The molecule has 2 aliphatic heterocycles. The minimum absolute atomic E-state index is 0.257. The van der Waals surface area contributed by atoms with E-state index < -0.39 is 23.8 Å². The highest BCUT2D eigenvalue weighted by Gasteiger charge is 2.49. The molecule has 2 rings (SSSR count). The van der Waals surface area contributed by atoms with Gasteiger partial charge in [-0.2, -0.15) is 0 Å². The molecule has 2 heterocycles. The van der Waals surface area contributed by atoms with Crippen molar-refractivity contribution >= 4 is 6.29 Å². The van der Waals surface area contributed by atoms with Crippen LogP contribution in [-0.4, -0.2) is 42.8 Å². The third-order valence-corrected chi connectivity index (χ3v) is 2.69. The lowest BCUT2D eigenvalue weighted by atomic mass is 10.1. The maximum absolute atomic E-state index is 10.9. The summed E-state index contributed by atoms with van der Waals surface area (Å²) in [6.45, 7) is 7.66. The molecule has 2 saturated heterocycles. The number of rotatable bonds is 2. The van der Waals surface area contributed by atoms with Crippen molar-refractivity contribution in [3.8, 4) is 0 Å². The SMILES string of the molecule is CC1(C)OC(C=O)[C@H]([C@H]2COC(C)(C)O2)O1. The van der Waals surface area contributed by atoms with Crippen LogP contribution in [-0.2, 0) is 23.7 Å². The molecule has 0 spiro atoms. The molecule has 0 bridgehead atoms. The third-order valence-electron chi connectivity index (χ3n) is 2.69. The predicted octanol–water partition coefficient (Wildman–Crippen LogP) is 0.857. The molecule has 2 fully saturated rings. The van der Waals surface area contributed by atoms with Crippen molar-refractivity contribution in [2.75, 3.05) is 6.61 Å². The average molecular weight is 230 g/mol. The Labute approximate surface area is 95.0 Å². The maximum atomic E-state index is 10.9. The normalized spacial score (nSPS) is 41.1. The molecule has 1 unspecified atom stereocenters. The van der Waals surface area contributed by atoms with E-state index in [-0.39, 0.29) is 6.10 Å². The van der Waals surface area contributed by atoms with Crippen molar-refractivity contribution < 1.29 is 23.7 Å². The molecule has 2 aliphatic rings. The second kappa shape index (κ2) is 3.77. The molecule has 0 aromatic rings. The molecule has 5 nitrogen and oxygen atoms in total. The molecule has 0 N–H and O–H groups in total. The first-order valence-corrected chi connectivity index (χ1v) is 5.46. The monoisotopic (exact) mass is 230 g/mol. The Bertz CT molecular complexity index is 286. The summed E-state index contributed by atoms with van der Waals surface area (Å²) in [5.74, 6) is -1.36.